The Morgan fingerprint density at radius 3 is 2.67 bits per heavy atom. The zero-order valence-electron chi connectivity index (χ0n) is 11.1. The summed E-state index contributed by atoms with van der Waals surface area (Å²) in [6.45, 7) is 0.659. The Balaban J connectivity index is 1.91. The third-order valence-electron chi connectivity index (χ3n) is 3.23. The van der Waals surface area contributed by atoms with E-state index in [2.05, 4.69) is 0 Å². The minimum atomic E-state index is 0.321. The van der Waals surface area contributed by atoms with Gasteiger partial charge in [0.25, 0.3) is 0 Å². The average molecular weight is 322 g/mol. The number of furan rings is 1. The molecular formula is C16H13Cl2NO2. The number of benzene rings is 2. The zero-order valence-corrected chi connectivity index (χ0v) is 12.6. The molecule has 2 N–H and O–H groups in total. The Morgan fingerprint density at radius 2 is 1.90 bits per heavy atom. The fraction of sp³-hybridized carbons (Fsp3) is 0.125. The Labute approximate surface area is 132 Å². The van der Waals surface area contributed by atoms with Crippen LogP contribution in [0.2, 0.25) is 10.0 Å². The van der Waals surface area contributed by atoms with Crippen molar-refractivity contribution in [3.8, 4) is 5.75 Å². The van der Waals surface area contributed by atoms with Crippen molar-refractivity contribution in [2.24, 2.45) is 5.73 Å². The van der Waals surface area contributed by atoms with Crippen molar-refractivity contribution in [1.29, 1.82) is 0 Å². The van der Waals surface area contributed by atoms with Crippen LogP contribution in [0.25, 0.3) is 11.0 Å². The summed E-state index contributed by atoms with van der Waals surface area (Å²) < 4.78 is 11.5. The van der Waals surface area contributed by atoms with Gasteiger partial charge in [-0.05, 0) is 24.3 Å². The van der Waals surface area contributed by atoms with Crippen LogP contribution in [0.1, 0.15) is 11.3 Å². The second kappa shape index (κ2) is 5.98. The first kappa shape index (κ1) is 14.3. The minimum absolute atomic E-state index is 0.321. The maximum absolute atomic E-state index is 6.10. The van der Waals surface area contributed by atoms with Gasteiger partial charge in [0.15, 0.2) is 0 Å². The molecule has 0 radical (unpaired) electrons. The Hall–Kier alpha value is -1.68. The van der Waals surface area contributed by atoms with Crippen LogP contribution < -0.4 is 10.5 Å². The van der Waals surface area contributed by atoms with Gasteiger partial charge in [-0.15, -0.1) is 0 Å². The lowest BCUT2D eigenvalue weighted by molar-refractivity contribution is 0.303. The molecule has 2 aromatic carbocycles. The molecule has 0 fully saturated rings. The fourth-order valence-electron chi connectivity index (χ4n) is 2.21. The van der Waals surface area contributed by atoms with Crippen LogP contribution in [-0.2, 0) is 13.2 Å². The second-order valence-electron chi connectivity index (χ2n) is 4.57. The monoisotopic (exact) mass is 321 g/mol. The van der Waals surface area contributed by atoms with E-state index in [0.717, 1.165) is 22.3 Å². The van der Waals surface area contributed by atoms with E-state index in [-0.39, 0.29) is 0 Å². The minimum Gasteiger partial charge on any atom is -0.487 e. The Kier molecular flexibility index (Phi) is 4.06. The summed E-state index contributed by atoms with van der Waals surface area (Å²) in [5, 5.41) is 2.05. The fourth-order valence-corrected chi connectivity index (χ4v) is 2.68. The molecule has 0 unspecified atom stereocenters. The van der Waals surface area contributed by atoms with Gasteiger partial charge in [-0.2, -0.15) is 0 Å². The van der Waals surface area contributed by atoms with E-state index >= 15 is 0 Å². The maximum Gasteiger partial charge on any atom is 0.138 e. The van der Waals surface area contributed by atoms with Crippen LogP contribution >= 0.6 is 23.2 Å². The van der Waals surface area contributed by atoms with Crippen molar-refractivity contribution >= 4 is 34.2 Å². The first-order valence-corrected chi connectivity index (χ1v) is 7.22. The molecule has 3 nitrogen and oxygen atoms in total. The summed E-state index contributed by atoms with van der Waals surface area (Å²) in [7, 11) is 0. The van der Waals surface area contributed by atoms with Crippen molar-refractivity contribution < 1.29 is 9.15 Å². The van der Waals surface area contributed by atoms with Gasteiger partial charge in [0.2, 0.25) is 0 Å². The predicted molar refractivity (Wildman–Crippen MR) is 84.9 cm³/mol. The molecular weight excluding hydrogens is 309 g/mol. The van der Waals surface area contributed by atoms with Crippen LogP contribution in [0.15, 0.2) is 46.9 Å². The summed E-state index contributed by atoms with van der Waals surface area (Å²) in [6.07, 6.45) is 0. The molecule has 0 bridgehead atoms. The van der Waals surface area contributed by atoms with E-state index in [0.29, 0.717) is 28.9 Å². The van der Waals surface area contributed by atoms with Gasteiger partial charge in [-0.3, -0.25) is 0 Å². The molecule has 0 saturated heterocycles. The number of rotatable bonds is 4. The lowest BCUT2D eigenvalue weighted by atomic mass is 10.1. The quantitative estimate of drug-likeness (QED) is 0.752. The molecule has 1 heterocycles. The van der Waals surface area contributed by atoms with Crippen LogP contribution in [0.3, 0.4) is 0 Å². The Bertz CT molecular complexity index is 783. The largest absolute Gasteiger partial charge is 0.487 e. The SMILES string of the molecule is NCc1oc2ccccc2c1COc1ccc(Cl)cc1Cl. The van der Waals surface area contributed by atoms with E-state index in [1.54, 1.807) is 18.2 Å². The molecule has 0 spiro atoms. The molecule has 21 heavy (non-hydrogen) atoms. The first-order valence-electron chi connectivity index (χ1n) is 6.46. The van der Waals surface area contributed by atoms with E-state index in [9.17, 15) is 0 Å². The predicted octanol–water partition coefficient (Wildman–Crippen LogP) is 4.78. The van der Waals surface area contributed by atoms with Gasteiger partial charge in [0, 0.05) is 16.0 Å². The maximum atomic E-state index is 6.10. The highest BCUT2D eigenvalue weighted by Crippen LogP contribution is 2.31. The molecule has 0 amide bonds. The summed E-state index contributed by atoms with van der Waals surface area (Å²) in [6, 6.07) is 12.9. The summed E-state index contributed by atoms with van der Waals surface area (Å²) in [5.74, 6) is 1.30. The second-order valence-corrected chi connectivity index (χ2v) is 5.41. The molecule has 0 aliphatic carbocycles. The number of nitrogens with two attached hydrogens (primary N) is 1. The normalized spacial score (nSPS) is 11.0. The van der Waals surface area contributed by atoms with Gasteiger partial charge >= 0.3 is 0 Å². The van der Waals surface area contributed by atoms with Gasteiger partial charge in [-0.25, -0.2) is 0 Å². The highest BCUT2D eigenvalue weighted by molar-refractivity contribution is 6.35. The van der Waals surface area contributed by atoms with E-state index < -0.39 is 0 Å². The van der Waals surface area contributed by atoms with E-state index in [1.807, 2.05) is 24.3 Å². The number of fused-ring (bicyclic) bond motifs is 1. The third-order valence-corrected chi connectivity index (χ3v) is 3.76. The lowest BCUT2D eigenvalue weighted by Crippen LogP contribution is -2.02. The van der Waals surface area contributed by atoms with Crippen molar-refractivity contribution in [2.75, 3.05) is 0 Å². The van der Waals surface area contributed by atoms with Crippen molar-refractivity contribution in [1.82, 2.24) is 0 Å². The van der Waals surface area contributed by atoms with E-state index in [1.165, 1.54) is 0 Å². The van der Waals surface area contributed by atoms with Crippen LogP contribution in [0.4, 0.5) is 0 Å². The number of ether oxygens (including phenoxy) is 1. The molecule has 5 heteroatoms. The van der Waals surface area contributed by atoms with Crippen molar-refractivity contribution in [3.63, 3.8) is 0 Å². The number of hydrogen-bond donors (Lipinski definition) is 1. The highest BCUT2D eigenvalue weighted by Gasteiger charge is 2.14. The molecule has 108 valence electrons. The molecule has 1 aromatic heterocycles. The van der Waals surface area contributed by atoms with Gasteiger partial charge < -0.3 is 14.9 Å². The molecule has 3 aromatic rings. The molecule has 0 aliphatic rings. The van der Waals surface area contributed by atoms with Crippen molar-refractivity contribution in [3.05, 3.63) is 63.8 Å². The summed E-state index contributed by atoms with van der Waals surface area (Å²) >= 11 is 12.0. The van der Waals surface area contributed by atoms with Crippen LogP contribution in [0, 0.1) is 0 Å². The van der Waals surface area contributed by atoms with E-state index in [4.69, 9.17) is 38.1 Å². The molecule has 0 aliphatic heterocycles. The van der Waals surface area contributed by atoms with Crippen molar-refractivity contribution in [2.45, 2.75) is 13.2 Å². The van der Waals surface area contributed by atoms with Crippen LogP contribution in [0.5, 0.6) is 5.75 Å². The summed E-state index contributed by atoms with van der Waals surface area (Å²) in [5.41, 5.74) is 7.49. The molecule has 0 saturated carbocycles. The lowest BCUT2D eigenvalue weighted by Gasteiger charge is -2.08. The topological polar surface area (TPSA) is 48.4 Å². The number of hydrogen-bond acceptors (Lipinski definition) is 3. The van der Waals surface area contributed by atoms with Gasteiger partial charge in [0.1, 0.15) is 23.7 Å². The zero-order chi connectivity index (χ0) is 14.8. The first-order chi connectivity index (χ1) is 10.2. The molecule has 0 atom stereocenters. The Morgan fingerprint density at radius 1 is 1.10 bits per heavy atom. The standard InChI is InChI=1S/C16H13Cl2NO2/c17-10-5-6-15(13(18)7-10)20-9-12-11-3-1-2-4-14(11)21-16(12)8-19/h1-7H,8-9,19H2. The van der Waals surface area contributed by atoms with Crippen LogP contribution in [-0.4, -0.2) is 0 Å². The van der Waals surface area contributed by atoms with Gasteiger partial charge in [0.05, 0.1) is 11.6 Å². The third kappa shape index (κ3) is 2.86. The number of halogens is 2. The average Bonchev–Trinajstić information content (AvgIpc) is 2.84. The summed E-state index contributed by atoms with van der Waals surface area (Å²) in [4.78, 5) is 0. The smallest absolute Gasteiger partial charge is 0.138 e. The molecule has 3 rings (SSSR count). The highest BCUT2D eigenvalue weighted by atomic mass is 35.5. The number of para-hydroxylation sites is 1. The van der Waals surface area contributed by atoms with Gasteiger partial charge in [-0.1, -0.05) is 41.4 Å².